The molecule has 2 heteroatoms. The molecule has 1 nitrogen and oxygen atoms in total. The zero-order valence-electron chi connectivity index (χ0n) is 9.62. The first-order valence-corrected chi connectivity index (χ1v) is 6.72. The fourth-order valence-electron chi connectivity index (χ4n) is 1.80. The van der Waals surface area contributed by atoms with Gasteiger partial charge in [-0.25, -0.2) is 0 Å². The van der Waals surface area contributed by atoms with Crippen molar-refractivity contribution in [2.24, 2.45) is 5.92 Å². The van der Waals surface area contributed by atoms with Crippen molar-refractivity contribution in [2.45, 2.75) is 19.8 Å². The molecule has 0 fully saturated rings. The lowest BCUT2D eigenvalue weighted by atomic mass is 10.1. The van der Waals surface area contributed by atoms with Crippen LogP contribution < -0.4 is 4.90 Å². The van der Waals surface area contributed by atoms with Gasteiger partial charge >= 0.3 is 0 Å². The van der Waals surface area contributed by atoms with Crippen LogP contribution in [0.1, 0.15) is 19.8 Å². The number of alkyl halides is 1. The molecule has 0 aliphatic heterocycles. The summed E-state index contributed by atoms with van der Waals surface area (Å²) in [6.07, 6.45) is 2.56. The summed E-state index contributed by atoms with van der Waals surface area (Å²) in [4.78, 5) is 2.33. The molecule has 0 aliphatic carbocycles. The quantitative estimate of drug-likeness (QED) is 0.708. The third kappa shape index (κ3) is 4.25. The van der Waals surface area contributed by atoms with Gasteiger partial charge in [-0.2, -0.15) is 0 Å². The van der Waals surface area contributed by atoms with E-state index in [0.29, 0.717) is 0 Å². The molecule has 1 aromatic rings. The molecule has 0 heterocycles. The number of hydrogen-bond acceptors (Lipinski definition) is 1. The molecular formula is C13H20BrN. The summed E-state index contributed by atoms with van der Waals surface area (Å²) in [6, 6.07) is 10.6. The van der Waals surface area contributed by atoms with E-state index in [1.807, 2.05) is 0 Å². The van der Waals surface area contributed by atoms with Crippen molar-refractivity contribution in [3.05, 3.63) is 30.3 Å². The van der Waals surface area contributed by atoms with E-state index in [1.165, 1.54) is 18.5 Å². The molecule has 0 saturated heterocycles. The van der Waals surface area contributed by atoms with E-state index in [4.69, 9.17) is 0 Å². The maximum Gasteiger partial charge on any atom is 0.0363 e. The highest BCUT2D eigenvalue weighted by molar-refractivity contribution is 9.09. The summed E-state index contributed by atoms with van der Waals surface area (Å²) in [5.41, 5.74) is 1.31. The number of para-hydroxylation sites is 1. The second-order valence-corrected chi connectivity index (χ2v) is 4.67. The molecule has 0 aliphatic rings. The number of anilines is 1. The van der Waals surface area contributed by atoms with Crippen molar-refractivity contribution in [3.63, 3.8) is 0 Å². The first-order valence-electron chi connectivity index (χ1n) is 5.60. The smallest absolute Gasteiger partial charge is 0.0363 e. The van der Waals surface area contributed by atoms with Crippen LogP contribution in [0.5, 0.6) is 0 Å². The van der Waals surface area contributed by atoms with Crippen molar-refractivity contribution >= 4 is 21.6 Å². The maximum absolute atomic E-state index is 3.59. The molecule has 0 bridgehead atoms. The van der Waals surface area contributed by atoms with Gasteiger partial charge in [0.15, 0.2) is 0 Å². The second kappa shape index (κ2) is 6.89. The summed E-state index contributed by atoms with van der Waals surface area (Å²) in [7, 11) is 2.17. The third-order valence-electron chi connectivity index (χ3n) is 2.64. The third-order valence-corrected chi connectivity index (χ3v) is 3.56. The Morgan fingerprint density at radius 2 is 1.93 bits per heavy atom. The average molecular weight is 270 g/mol. The van der Waals surface area contributed by atoms with Crippen molar-refractivity contribution < 1.29 is 0 Å². The molecule has 1 atom stereocenters. The van der Waals surface area contributed by atoms with E-state index >= 15 is 0 Å². The normalized spacial score (nSPS) is 12.5. The molecule has 15 heavy (non-hydrogen) atoms. The fourth-order valence-corrected chi connectivity index (χ4v) is 2.33. The van der Waals surface area contributed by atoms with Crippen molar-refractivity contribution in [3.8, 4) is 0 Å². The van der Waals surface area contributed by atoms with Gasteiger partial charge in [-0.15, -0.1) is 0 Å². The van der Waals surface area contributed by atoms with Crippen molar-refractivity contribution in [1.29, 1.82) is 0 Å². The predicted molar refractivity (Wildman–Crippen MR) is 71.9 cm³/mol. The predicted octanol–water partition coefficient (Wildman–Crippen LogP) is 3.93. The van der Waals surface area contributed by atoms with Gasteiger partial charge in [-0.05, 0) is 24.5 Å². The van der Waals surface area contributed by atoms with Crippen LogP contribution in [-0.2, 0) is 0 Å². The number of rotatable bonds is 6. The molecule has 1 unspecified atom stereocenters. The second-order valence-electron chi connectivity index (χ2n) is 4.03. The van der Waals surface area contributed by atoms with Crippen molar-refractivity contribution in [2.75, 3.05) is 23.8 Å². The molecule has 1 aromatic carbocycles. The Balaban J connectivity index is 2.50. The minimum Gasteiger partial charge on any atom is -0.374 e. The van der Waals surface area contributed by atoms with E-state index in [2.05, 4.69) is 65.1 Å². The van der Waals surface area contributed by atoms with E-state index in [1.54, 1.807) is 0 Å². The minimum absolute atomic E-state index is 0.750. The van der Waals surface area contributed by atoms with Crippen LogP contribution in [0.3, 0.4) is 0 Å². The van der Waals surface area contributed by atoms with Crippen LogP contribution >= 0.6 is 15.9 Å². The highest BCUT2D eigenvalue weighted by atomic mass is 79.9. The first-order chi connectivity index (χ1) is 7.27. The highest BCUT2D eigenvalue weighted by Crippen LogP contribution is 2.16. The number of halogens is 1. The van der Waals surface area contributed by atoms with Gasteiger partial charge in [0, 0.05) is 24.6 Å². The largest absolute Gasteiger partial charge is 0.374 e. The Hall–Kier alpha value is -0.500. The maximum atomic E-state index is 3.59. The van der Waals surface area contributed by atoms with Gasteiger partial charge in [0.2, 0.25) is 0 Å². The van der Waals surface area contributed by atoms with Crippen LogP contribution in [0.4, 0.5) is 5.69 Å². The molecule has 0 radical (unpaired) electrons. The van der Waals surface area contributed by atoms with Crippen LogP contribution in [0.25, 0.3) is 0 Å². The van der Waals surface area contributed by atoms with E-state index in [0.717, 1.165) is 17.8 Å². The minimum atomic E-state index is 0.750. The van der Waals surface area contributed by atoms with Gasteiger partial charge in [0.05, 0.1) is 0 Å². The molecule has 1 rings (SSSR count). The Morgan fingerprint density at radius 1 is 1.27 bits per heavy atom. The summed E-state index contributed by atoms with van der Waals surface area (Å²) in [5.74, 6) is 0.750. The number of benzene rings is 1. The van der Waals surface area contributed by atoms with E-state index < -0.39 is 0 Å². The van der Waals surface area contributed by atoms with Crippen LogP contribution in [0.2, 0.25) is 0 Å². The van der Waals surface area contributed by atoms with Gasteiger partial charge in [-0.3, -0.25) is 0 Å². The van der Waals surface area contributed by atoms with Gasteiger partial charge in [-0.1, -0.05) is 47.5 Å². The standard InChI is InChI=1S/C13H20BrN/c1-3-7-12(10-14)11-15(2)13-8-5-4-6-9-13/h4-6,8-9,12H,3,7,10-11H2,1-2H3. The van der Waals surface area contributed by atoms with Gasteiger partial charge in [0.25, 0.3) is 0 Å². The molecule has 0 N–H and O–H groups in total. The lowest BCUT2D eigenvalue weighted by Crippen LogP contribution is -2.26. The molecule has 0 amide bonds. The molecule has 84 valence electrons. The first kappa shape index (κ1) is 12.6. The molecule has 0 saturated carbocycles. The van der Waals surface area contributed by atoms with E-state index in [-0.39, 0.29) is 0 Å². The average Bonchev–Trinajstić information content (AvgIpc) is 2.29. The van der Waals surface area contributed by atoms with Crippen molar-refractivity contribution in [1.82, 2.24) is 0 Å². The van der Waals surface area contributed by atoms with Gasteiger partial charge in [0.1, 0.15) is 0 Å². The Labute approximate surface area is 102 Å². The monoisotopic (exact) mass is 269 g/mol. The summed E-state index contributed by atoms with van der Waals surface area (Å²) >= 11 is 3.59. The number of nitrogens with zero attached hydrogens (tertiary/aromatic N) is 1. The Bertz CT molecular complexity index is 260. The SMILES string of the molecule is CCCC(CBr)CN(C)c1ccccc1. The van der Waals surface area contributed by atoms with Crippen LogP contribution in [0.15, 0.2) is 30.3 Å². The zero-order chi connectivity index (χ0) is 11.1. The van der Waals surface area contributed by atoms with Crippen LogP contribution in [-0.4, -0.2) is 18.9 Å². The Kier molecular flexibility index (Phi) is 5.77. The molecule has 0 aromatic heterocycles. The Morgan fingerprint density at radius 3 is 2.47 bits per heavy atom. The fraction of sp³-hybridized carbons (Fsp3) is 0.538. The number of hydrogen-bond donors (Lipinski definition) is 0. The van der Waals surface area contributed by atoms with E-state index in [9.17, 15) is 0 Å². The summed E-state index contributed by atoms with van der Waals surface area (Å²) in [5, 5.41) is 1.10. The lowest BCUT2D eigenvalue weighted by Gasteiger charge is -2.24. The lowest BCUT2D eigenvalue weighted by molar-refractivity contribution is 0.535. The van der Waals surface area contributed by atoms with Gasteiger partial charge < -0.3 is 4.90 Å². The topological polar surface area (TPSA) is 3.24 Å². The molecular weight excluding hydrogens is 250 g/mol. The molecule has 0 spiro atoms. The highest BCUT2D eigenvalue weighted by Gasteiger charge is 2.09. The zero-order valence-corrected chi connectivity index (χ0v) is 11.2. The summed E-state index contributed by atoms with van der Waals surface area (Å²) in [6.45, 7) is 3.38. The summed E-state index contributed by atoms with van der Waals surface area (Å²) < 4.78 is 0. The van der Waals surface area contributed by atoms with Crippen LogP contribution in [0, 0.1) is 5.92 Å².